The van der Waals surface area contributed by atoms with Gasteiger partial charge in [0.2, 0.25) is 6.79 Å². The van der Waals surface area contributed by atoms with Crippen molar-refractivity contribution in [1.82, 2.24) is 9.88 Å². The molecule has 2 N–H and O–H groups in total. The minimum Gasteiger partial charge on any atom is -0.454 e. The van der Waals surface area contributed by atoms with E-state index >= 15 is 0 Å². The Kier molecular flexibility index (Phi) is 5.44. The van der Waals surface area contributed by atoms with Gasteiger partial charge in [-0.3, -0.25) is 4.79 Å². The number of aromatic amines is 1. The van der Waals surface area contributed by atoms with Crippen molar-refractivity contribution >= 4 is 22.6 Å². The fourth-order valence-electron chi connectivity index (χ4n) is 3.88. The van der Waals surface area contributed by atoms with Crippen LogP contribution in [0.5, 0.6) is 11.5 Å². The number of rotatable bonds is 5. The van der Waals surface area contributed by atoms with Crippen LogP contribution in [0.25, 0.3) is 10.9 Å². The minimum atomic E-state index is -0.303. The number of ether oxygens (including phenoxy) is 2. The molecule has 2 heterocycles. The molecule has 4 aromatic rings. The third-order valence-corrected chi connectivity index (χ3v) is 5.56. The van der Waals surface area contributed by atoms with Crippen molar-refractivity contribution in [2.45, 2.75) is 20.0 Å². The van der Waals surface area contributed by atoms with E-state index in [2.05, 4.69) is 10.3 Å². The Labute approximate surface area is 190 Å². The molecule has 0 saturated carbocycles. The summed E-state index contributed by atoms with van der Waals surface area (Å²) in [4.78, 5) is 30.6. The second kappa shape index (κ2) is 8.70. The first-order valence-corrected chi connectivity index (χ1v) is 10.7. The van der Waals surface area contributed by atoms with E-state index in [0.29, 0.717) is 29.3 Å². The highest BCUT2D eigenvalue weighted by Crippen LogP contribution is 2.33. The molecule has 0 spiro atoms. The van der Waals surface area contributed by atoms with Gasteiger partial charge in [0.05, 0.1) is 6.54 Å². The number of carbonyl (C=O) groups excluding carboxylic acids is 1. The highest BCUT2D eigenvalue weighted by molar-refractivity contribution is 5.89. The van der Waals surface area contributed by atoms with E-state index in [0.717, 1.165) is 22.0 Å². The predicted molar refractivity (Wildman–Crippen MR) is 127 cm³/mol. The first-order valence-electron chi connectivity index (χ1n) is 10.7. The Morgan fingerprint density at radius 1 is 0.970 bits per heavy atom. The first kappa shape index (κ1) is 20.6. The number of aryl methyl sites for hydroxylation is 1. The van der Waals surface area contributed by atoms with E-state index in [1.165, 1.54) is 0 Å². The third kappa shape index (κ3) is 4.52. The molecule has 7 heteroatoms. The molecule has 0 fully saturated rings. The molecule has 166 valence electrons. The maximum Gasteiger partial charge on any atom is 0.322 e. The lowest BCUT2D eigenvalue weighted by atomic mass is 10.1. The fraction of sp³-hybridized carbons (Fsp3) is 0.154. The van der Waals surface area contributed by atoms with Crippen LogP contribution in [-0.2, 0) is 13.1 Å². The number of benzene rings is 3. The molecule has 1 aliphatic rings. The average Bonchev–Trinajstić information content (AvgIpc) is 3.28. The van der Waals surface area contributed by atoms with Gasteiger partial charge in [0.15, 0.2) is 11.5 Å². The van der Waals surface area contributed by atoms with Gasteiger partial charge in [0.1, 0.15) is 0 Å². The molecule has 5 rings (SSSR count). The lowest BCUT2D eigenvalue weighted by molar-refractivity contribution is 0.174. The Bertz CT molecular complexity index is 1380. The van der Waals surface area contributed by atoms with Gasteiger partial charge in [0, 0.05) is 23.3 Å². The minimum absolute atomic E-state index is 0.145. The Balaban J connectivity index is 1.46. The van der Waals surface area contributed by atoms with E-state index in [-0.39, 0.29) is 24.9 Å². The number of hydrogen-bond acceptors (Lipinski definition) is 4. The maximum atomic E-state index is 13.2. The number of hydrogen-bond donors (Lipinski definition) is 2. The van der Waals surface area contributed by atoms with Crippen molar-refractivity contribution in [3.8, 4) is 11.5 Å². The molecule has 2 amide bonds. The molecule has 33 heavy (non-hydrogen) atoms. The van der Waals surface area contributed by atoms with Gasteiger partial charge in [-0.25, -0.2) is 4.79 Å². The normalized spacial score (nSPS) is 12.0. The molecule has 1 aromatic heterocycles. The van der Waals surface area contributed by atoms with Crippen LogP contribution in [0.2, 0.25) is 0 Å². The summed E-state index contributed by atoms with van der Waals surface area (Å²) in [6.45, 7) is 2.62. The highest BCUT2D eigenvalue weighted by Gasteiger charge is 2.19. The van der Waals surface area contributed by atoms with E-state index in [4.69, 9.17) is 9.47 Å². The lowest BCUT2D eigenvalue weighted by Crippen LogP contribution is -2.35. The van der Waals surface area contributed by atoms with Gasteiger partial charge < -0.3 is 24.7 Å². The van der Waals surface area contributed by atoms with Gasteiger partial charge in [0.25, 0.3) is 5.56 Å². The number of nitrogens with zero attached hydrogens (tertiary/aromatic N) is 1. The molecule has 0 aliphatic carbocycles. The number of H-pyrrole nitrogens is 1. The van der Waals surface area contributed by atoms with Crippen molar-refractivity contribution in [2.75, 3.05) is 12.1 Å². The second-order valence-corrected chi connectivity index (χ2v) is 8.05. The number of fused-ring (bicyclic) bond motifs is 2. The second-order valence-electron chi connectivity index (χ2n) is 8.05. The Hall–Kier alpha value is -4.26. The van der Waals surface area contributed by atoms with Crippen LogP contribution in [0.1, 0.15) is 16.7 Å². The van der Waals surface area contributed by atoms with Crippen molar-refractivity contribution in [1.29, 1.82) is 0 Å². The largest absolute Gasteiger partial charge is 0.454 e. The summed E-state index contributed by atoms with van der Waals surface area (Å²) in [6.07, 6.45) is 0. The smallest absolute Gasteiger partial charge is 0.322 e. The number of nitrogens with one attached hydrogen (secondary N) is 2. The van der Waals surface area contributed by atoms with Crippen molar-refractivity contribution < 1.29 is 14.3 Å². The van der Waals surface area contributed by atoms with E-state index in [1.54, 1.807) is 4.90 Å². The number of carbonyl (C=O) groups is 1. The molecule has 0 radical (unpaired) electrons. The molecule has 7 nitrogen and oxygen atoms in total. The summed E-state index contributed by atoms with van der Waals surface area (Å²) >= 11 is 0. The SMILES string of the molecule is Cc1ccc2[nH]c(=O)c(CN(Cc3ccc4c(c3)OCO4)C(=O)Nc3ccccc3)cc2c1. The molecule has 0 saturated heterocycles. The number of urea groups is 1. The van der Waals surface area contributed by atoms with Crippen molar-refractivity contribution in [2.24, 2.45) is 0 Å². The Morgan fingerprint density at radius 3 is 2.64 bits per heavy atom. The summed E-state index contributed by atoms with van der Waals surface area (Å²) in [7, 11) is 0. The van der Waals surface area contributed by atoms with E-state index in [1.807, 2.05) is 79.7 Å². The van der Waals surface area contributed by atoms with Gasteiger partial charge >= 0.3 is 6.03 Å². The maximum absolute atomic E-state index is 13.2. The molecule has 0 atom stereocenters. The summed E-state index contributed by atoms with van der Waals surface area (Å²) in [5, 5.41) is 3.85. The van der Waals surface area contributed by atoms with Gasteiger partial charge in [-0.2, -0.15) is 0 Å². The van der Waals surface area contributed by atoms with E-state index in [9.17, 15) is 9.59 Å². The molecular weight excluding hydrogens is 418 g/mol. The third-order valence-electron chi connectivity index (χ3n) is 5.56. The zero-order chi connectivity index (χ0) is 22.8. The van der Waals surface area contributed by atoms with E-state index < -0.39 is 0 Å². The lowest BCUT2D eigenvalue weighted by Gasteiger charge is -2.23. The van der Waals surface area contributed by atoms with Crippen molar-refractivity contribution in [3.05, 3.63) is 99.8 Å². The zero-order valence-electron chi connectivity index (χ0n) is 18.1. The summed E-state index contributed by atoms with van der Waals surface area (Å²) in [6, 6.07) is 22.2. The molecule has 1 aliphatic heterocycles. The van der Waals surface area contributed by atoms with Crippen LogP contribution in [0.15, 0.2) is 77.6 Å². The number of amides is 2. The van der Waals surface area contributed by atoms with Gasteiger partial charge in [-0.1, -0.05) is 35.9 Å². The first-order chi connectivity index (χ1) is 16.0. The molecular formula is C26H23N3O4. The number of aromatic nitrogens is 1. The van der Waals surface area contributed by atoms with Gasteiger partial charge in [-0.05, 0) is 60.3 Å². The van der Waals surface area contributed by atoms with Crippen molar-refractivity contribution in [3.63, 3.8) is 0 Å². The quantitative estimate of drug-likeness (QED) is 0.466. The topological polar surface area (TPSA) is 83.7 Å². The Morgan fingerprint density at radius 2 is 1.79 bits per heavy atom. The zero-order valence-corrected chi connectivity index (χ0v) is 18.1. The summed E-state index contributed by atoms with van der Waals surface area (Å²) in [5.41, 5.74) is 3.72. The fourth-order valence-corrected chi connectivity index (χ4v) is 3.88. The van der Waals surface area contributed by atoms with Crippen LogP contribution in [0.4, 0.5) is 10.5 Å². The summed E-state index contributed by atoms with van der Waals surface area (Å²) < 4.78 is 10.9. The van der Waals surface area contributed by atoms with Crippen LogP contribution in [0, 0.1) is 6.92 Å². The monoisotopic (exact) mass is 441 g/mol. The highest BCUT2D eigenvalue weighted by atomic mass is 16.7. The van der Waals surface area contributed by atoms with Crippen LogP contribution in [0.3, 0.4) is 0 Å². The molecule has 0 unspecified atom stereocenters. The average molecular weight is 441 g/mol. The van der Waals surface area contributed by atoms with Gasteiger partial charge in [-0.15, -0.1) is 0 Å². The standard InChI is InChI=1S/C26H23N3O4/c1-17-7-9-22-19(11-17)13-20(25(30)28-22)15-29(26(31)27-21-5-3-2-4-6-21)14-18-8-10-23-24(12-18)33-16-32-23/h2-13H,14-16H2,1H3,(H,27,31)(H,28,30). The molecule has 0 bridgehead atoms. The predicted octanol–water partition coefficient (Wildman–Crippen LogP) is 4.80. The van der Waals surface area contributed by atoms with Crippen LogP contribution in [-0.4, -0.2) is 22.7 Å². The number of anilines is 1. The van der Waals surface area contributed by atoms with Crippen LogP contribution >= 0.6 is 0 Å². The summed E-state index contributed by atoms with van der Waals surface area (Å²) in [5.74, 6) is 1.33. The number of pyridine rings is 1. The van der Waals surface area contributed by atoms with Crippen LogP contribution < -0.4 is 20.3 Å². The molecule has 3 aromatic carbocycles. The number of para-hydroxylation sites is 1.